The van der Waals surface area contributed by atoms with Gasteiger partial charge in [-0.2, -0.15) is 8.42 Å². The number of aromatic carboxylic acids is 1. The van der Waals surface area contributed by atoms with Crippen molar-refractivity contribution in [2.45, 2.75) is 27.3 Å². The fourth-order valence-corrected chi connectivity index (χ4v) is 3.73. The monoisotopic (exact) mass is 612 g/mol. The van der Waals surface area contributed by atoms with Crippen LogP contribution in [0.15, 0.2) is 66.7 Å². The quantitative estimate of drug-likeness (QED) is 0.107. The Morgan fingerprint density at radius 3 is 2.14 bits per heavy atom. The third kappa shape index (κ3) is 11.9. The smallest absolute Gasteiger partial charge is 0.412 e. The number of alkyl carbamates (subject to hydrolysis) is 1. The van der Waals surface area contributed by atoms with Crippen LogP contribution in [-0.4, -0.2) is 61.3 Å². The SMILES string of the molecule is CCOC(=O)NC(=N)c1ccc(NCc2ccccc2-c2ccc(C(=O)NCC(C)C)cc2C(=O)O)cc1.CS(=O)(=O)O. The summed E-state index contributed by atoms with van der Waals surface area (Å²) < 4.78 is 30.7. The minimum absolute atomic E-state index is 0.0478. The molecule has 0 aromatic heterocycles. The maximum absolute atomic E-state index is 12.5. The van der Waals surface area contributed by atoms with E-state index in [1.165, 1.54) is 6.07 Å². The number of benzene rings is 3. The minimum Gasteiger partial charge on any atom is -0.478 e. The lowest BCUT2D eigenvalue weighted by Gasteiger charge is -2.15. The van der Waals surface area contributed by atoms with Crippen LogP contribution in [0.25, 0.3) is 11.1 Å². The Morgan fingerprint density at radius 2 is 1.56 bits per heavy atom. The van der Waals surface area contributed by atoms with E-state index >= 15 is 0 Å². The average molecular weight is 613 g/mol. The van der Waals surface area contributed by atoms with Gasteiger partial charge >= 0.3 is 12.1 Å². The second-order valence-electron chi connectivity index (χ2n) is 9.71. The second-order valence-corrected chi connectivity index (χ2v) is 11.2. The Balaban J connectivity index is 0.00000119. The van der Waals surface area contributed by atoms with Crippen LogP contribution in [-0.2, 0) is 21.4 Å². The highest BCUT2D eigenvalue weighted by Crippen LogP contribution is 2.29. The van der Waals surface area contributed by atoms with Crippen molar-refractivity contribution < 1.29 is 37.2 Å². The molecule has 12 nitrogen and oxygen atoms in total. The van der Waals surface area contributed by atoms with Crippen molar-refractivity contribution >= 4 is 39.6 Å². The molecule has 13 heteroatoms. The zero-order valence-electron chi connectivity index (χ0n) is 24.3. The first kappa shape index (κ1) is 34.5. The number of amidine groups is 1. The Hall–Kier alpha value is -4.75. The molecule has 0 saturated heterocycles. The van der Waals surface area contributed by atoms with Gasteiger partial charge in [0.25, 0.3) is 16.0 Å². The lowest BCUT2D eigenvalue weighted by atomic mass is 9.93. The molecule has 0 fully saturated rings. The number of hydrogen-bond acceptors (Lipinski definition) is 8. The van der Waals surface area contributed by atoms with Crippen molar-refractivity contribution in [3.05, 3.63) is 89.0 Å². The van der Waals surface area contributed by atoms with Crippen molar-refractivity contribution in [3.63, 3.8) is 0 Å². The normalized spacial score (nSPS) is 10.7. The van der Waals surface area contributed by atoms with Crippen LogP contribution in [0.2, 0.25) is 0 Å². The summed E-state index contributed by atoms with van der Waals surface area (Å²) >= 11 is 0. The summed E-state index contributed by atoms with van der Waals surface area (Å²) in [5.74, 6) is -1.21. The standard InChI is InChI=1S/C29H32N4O5.CH4O3S/c1-4-38-29(37)33-26(30)19-9-12-22(13-10-19)31-17-21-7-5-6-8-23(21)24-14-11-20(15-25(24)28(35)36)27(34)32-16-18(2)3;1-5(2,3)4/h5-15,18,31H,4,16-17H2,1-3H3,(H,32,34)(H,35,36)(H2,30,33,37);1H3,(H,2,3,4). The first-order valence-corrected chi connectivity index (χ1v) is 15.1. The van der Waals surface area contributed by atoms with Crippen LogP contribution in [0.4, 0.5) is 10.5 Å². The van der Waals surface area contributed by atoms with Gasteiger partial charge < -0.3 is 20.5 Å². The summed E-state index contributed by atoms with van der Waals surface area (Å²) in [6.45, 7) is 6.78. The van der Waals surface area contributed by atoms with Crippen molar-refractivity contribution in [2.75, 3.05) is 24.7 Å². The van der Waals surface area contributed by atoms with E-state index in [0.717, 1.165) is 16.8 Å². The molecule has 0 saturated carbocycles. The van der Waals surface area contributed by atoms with Crippen molar-refractivity contribution in [2.24, 2.45) is 5.92 Å². The second kappa shape index (κ2) is 16.0. The Bertz CT molecular complexity index is 1550. The summed E-state index contributed by atoms with van der Waals surface area (Å²) in [6.07, 6.45) is 0.0359. The predicted octanol–water partition coefficient (Wildman–Crippen LogP) is 4.63. The molecule has 0 aliphatic heterocycles. The van der Waals surface area contributed by atoms with E-state index in [2.05, 4.69) is 16.0 Å². The van der Waals surface area contributed by atoms with Gasteiger partial charge in [0, 0.05) is 29.9 Å². The molecular formula is C30H36N4O8S. The van der Waals surface area contributed by atoms with Gasteiger partial charge in [0.1, 0.15) is 5.84 Å². The van der Waals surface area contributed by atoms with E-state index in [9.17, 15) is 27.9 Å². The van der Waals surface area contributed by atoms with Crippen LogP contribution in [0, 0.1) is 11.3 Å². The van der Waals surface area contributed by atoms with E-state index < -0.39 is 22.2 Å². The maximum Gasteiger partial charge on any atom is 0.412 e. The molecule has 0 unspecified atom stereocenters. The van der Waals surface area contributed by atoms with Gasteiger partial charge in [-0.1, -0.05) is 44.2 Å². The maximum atomic E-state index is 12.5. The molecule has 0 bridgehead atoms. The number of amides is 2. The number of nitrogens with one attached hydrogen (secondary N) is 4. The molecule has 0 aliphatic carbocycles. The van der Waals surface area contributed by atoms with Crippen LogP contribution in [0.3, 0.4) is 0 Å². The van der Waals surface area contributed by atoms with Gasteiger partial charge in [-0.15, -0.1) is 0 Å². The van der Waals surface area contributed by atoms with Crippen molar-refractivity contribution in [1.29, 1.82) is 5.41 Å². The van der Waals surface area contributed by atoms with Gasteiger partial charge in [-0.25, -0.2) is 9.59 Å². The largest absolute Gasteiger partial charge is 0.478 e. The zero-order chi connectivity index (χ0) is 32.2. The number of carbonyl (C=O) groups excluding carboxylic acids is 2. The van der Waals surface area contributed by atoms with Crippen molar-refractivity contribution in [1.82, 2.24) is 10.6 Å². The topological polar surface area (TPSA) is 195 Å². The summed E-state index contributed by atoms with van der Waals surface area (Å²) in [5, 5.41) is 26.4. The lowest BCUT2D eigenvalue weighted by molar-refractivity contribution is 0.0697. The Labute approximate surface area is 250 Å². The van der Waals surface area contributed by atoms with E-state index in [-0.39, 0.29) is 29.8 Å². The molecule has 230 valence electrons. The molecule has 0 atom stereocenters. The molecule has 3 aromatic rings. The number of rotatable bonds is 10. The van der Waals surface area contributed by atoms with Crippen LogP contribution in [0.5, 0.6) is 0 Å². The molecule has 0 aliphatic rings. The van der Waals surface area contributed by atoms with Crippen LogP contribution < -0.4 is 16.0 Å². The first-order valence-electron chi connectivity index (χ1n) is 13.2. The minimum atomic E-state index is -3.67. The average Bonchev–Trinajstić information content (AvgIpc) is 2.94. The summed E-state index contributed by atoms with van der Waals surface area (Å²) in [7, 11) is -3.67. The number of carboxylic acids is 1. The Kier molecular flexibility index (Phi) is 12.8. The number of anilines is 1. The fourth-order valence-electron chi connectivity index (χ4n) is 3.73. The van der Waals surface area contributed by atoms with Crippen LogP contribution >= 0.6 is 0 Å². The highest BCUT2D eigenvalue weighted by Gasteiger charge is 2.18. The van der Waals surface area contributed by atoms with E-state index in [1.807, 2.05) is 38.1 Å². The van der Waals surface area contributed by atoms with Gasteiger partial charge in [0.05, 0.1) is 18.4 Å². The molecule has 2 amide bonds. The van der Waals surface area contributed by atoms with E-state index in [1.54, 1.807) is 43.3 Å². The highest BCUT2D eigenvalue weighted by atomic mass is 32.2. The lowest BCUT2D eigenvalue weighted by Crippen LogP contribution is -2.30. The van der Waals surface area contributed by atoms with Crippen molar-refractivity contribution in [3.8, 4) is 11.1 Å². The molecule has 3 aromatic carbocycles. The molecule has 43 heavy (non-hydrogen) atoms. The number of hydrogen-bond donors (Lipinski definition) is 6. The van der Waals surface area contributed by atoms with Gasteiger partial charge in [-0.3, -0.25) is 20.1 Å². The highest BCUT2D eigenvalue weighted by molar-refractivity contribution is 7.85. The molecule has 0 spiro atoms. The molecular weight excluding hydrogens is 576 g/mol. The molecule has 3 rings (SSSR count). The molecule has 6 N–H and O–H groups in total. The van der Waals surface area contributed by atoms with Crippen LogP contribution in [0.1, 0.15) is 52.6 Å². The molecule has 0 radical (unpaired) electrons. The van der Waals surface area contributed by atoms with E-state index in [0.29, 0.717) is 36.0 Å². The first-order chi connectivity index (χ1) is 20.2. The van der Waals surface area contributed by atoms with Gasteiger partial charge in [0.2, 0.25) is 0 Å². The predicted molar refractivity (Wildman–Crippen MR) is 164 cm³/mol. The summed E-state index contributed by atoms with van der Waals surface area (Å²) in [4.78, 5) is 36.1. The zero-order valence-corrected chi connectivity index (χ0v) is 25.1. The third-order valence-electron chi connectivity index (χ3n) is 5.65. The third-order valence-corrected chi connectivity index (χ3v) is 5.65. The number of ether oxygens (including phenoxy) is 1. The number of carboxylic acid groups (broad SMARTS) is 1. The molecule has 0 heterocycles. The van der Waals surface area contributed by atoms with Gasteiger partial charge in [-0.05, 0) is 65.9 Å². The van der Waals surface area contributed by atoms with E-state index in [4.69, 9.17) is 14.7 Å². The fraction of sp³-hybridized carbons (Fsp3) is 0.267. The Morgan fingerprint density at radius 1 is 0.953 bits per heavy atom. The number of carbonyl (C=O) groups is 3. The van der Waals surface area contributed by atoms with Gasteiger partial charge in [0.15, 0.2) is 0 Å². The summed E-state index contributed by atoms with van der Waals surface area (Å²) in [5.41, 5.74) is 3.77. The summed E-state index contributed by atoms with van der Waals surface area (Å²) in [6, 6.07) is 19.2.